The molecule has 1 aliphatic heterocycles. The Morgan fingerprint density at radius 3 is 2.69 bits per heavy atom. The topological polar surface area (TPSA) is 125 Å². The highest BCUT2D eigenvalue weighted by atomic mass is 16.1. The Morgan fingerprint density at radius 2 is 1.82 bits per heavy atom. The van der Waals surface area contributed by atoms with Gasteiger partial charge in [-0.15, -0.1) is 0 Å². The summed E-state index contributed by atoms with van der Waals surface area (Å²) in [5.41, 5.74) is 7.37. The van der Waals surface area contributed by atoms with Crippen molar-refractivity contribution in [3.05, 3.63) is 103 Å². The van der Waals surface area contributed by atoms with Crippen LogP contribution in [0.25, 0.3) is 44.6 Å². The van der Waals surface area contributed by atoms with Crippen LogP contribution in [0, 0.1) is 0 Å². The summed E-state index contributed by atoms with van der Waals surface area (Å²) in [5.74, 6) is 0.608. The Morgan fingerprint density at radius 1 is 0.923 bits per heavy atom. The average Bonchev–Trinajstić information content (AvgIpc) is 3.62. The number of aromatic amines is 2. The number of hydrogen-bond donors (Lipinski definition) is 3. The van der Waals surface area contributed by atoms with Gasteiger partial charge in [-0.2, -0.15) is 5.10 Å². The molecular weight excluding hydrogens is 488 g/mol. The lowest BCUT2D eigenvalue weighted by Crippen LogP contribution is -2.11. The van der Waals surface area contributed by atoms with E-state index in [0.717, 1.165) is 38.6 Å². The summed E-state index contributed by atoms with van der Waals surface area (Å²) in [5, 5.41) is 11.5. The first kappa shape index (κ1) is 22.7. The Balaban J connectivity index is 1.23. The Kier molecular flexibility index (Phi) is 5.51. The number of hydrogen-bond acceptors (Lipinski definition) is 6. The molecule has 1 aliphatic rings. The smallest absolute Gasteiger partial charge is 0.255 e. The van der Waals surface area contributed by atoms with Gasteiger partial charge in [0.1, 0.15) is 5.69 Å². The molecule has 3 N–H and O–H groups in total. The largest absolute Gasteiger partial charge is 0.335 e. The number of amides is 1. The fourth-order valence-electron chi connectivity index (χ4n) is 4.85. The number of fused-ring (bicyclic) bond motifs is 2. The van der Waals surface area contributed by atoms with Gasteiger partial charge in [0.05, 0.1) is 34.6 Å². The highest BCUT2D eigenvalue weighted by Gasteiger charge is 2.19. The zero-order chi connectivity index (χ0) is 26.2. The number of aromatic nitrogens is 6. The zero-order valence-electron chi connectivity index (χ0n) is 20.7. The summed E-state index contributed by atoms with van der Waals surface area (Å²) in [6.45, 7) is 0.674. The normalized spacial score (nSPS) is 14.7. The molecule has 0 bridgehead atoms. The van der Waals surface area contributed by atoms with Crippen LogP contribution in [0.2, 0.25) is 0 Å². The maximum absolute atomic E-state index is 12.6. The van der Waals surface area contributed by atoms with Gasteiger partial charge < -0.3 is 10.3 Å². The second-order valence-electron chi connectivity index (χ2n) is 9.33. The van der Waals surface area contributed by atoms with Crippen LogP contribution in [0.5, 0.6) is 0 Å². The number of allylic oxidation sites excluding steroid dienone is 1. The standard InChI is InChI=1S/C30H22N8O/c39-30(18-5-2-1-3-6-18)34-22-11-21(14-32-15-22)19-8-9-25-23(12-19)28(38-37-25)29-35-26-17-33-16-24(27(26)36-29)20-7-4-10-31-13-20/h1-12,14-17,20H,13H2,(H,34,39)(H,35,36)(H,37,38). The molecule has 9 nitrogen and oxygen atoms in total. The number of rotatable bonds is 5. The van der Waals surface area contributed by atoms with Gasteiger partial charge >= 0.3 is 0 Å². The second-order valence-corrected chi connectivity index (χ2v) is 9.33. The lowest BCUT2D eigenvalue weighted by atomic mass is 9.98. The number of carbonyl (C=O) groups is 1. The van der Waals surface area contributed by atoms with Crippen LogP contribution in [-0.4, -0.2) is 48.8 Å². The zero-order valence-corrected chi connectivity index (χ0v) is 20.7. The van der Waals surface area contributed by atoms with Crippen molar-refractivity contribution in [3.63, 3.8) is 0 Å². The predicted molar refractivity (Wildman–Crippen MR) is 152 cm³/mol. The predicted octanol–water partition coefficient (Wildman–Crippen LogP) is 5.54. The number of imidazole rings is 1. The van der Waals surface area contributed by atoms with Crippen LogP contribution in [-0.2, 0) is 0 Å². The van der Waals surface area contributed by atoms with Gasteiger partial charge in [0.15, 0.2) is 5.82 Å². The molecule has 6 aromatic rings. The molecule has 0 saturated heterocycles. The van der Waals surface area contributed by atoms with Crippen LogP contribution >= 0.6 is 0 Å². The molecular formula is C30H22N8O. The second kappa shape index (κ2) is 9.46. The van der Waals surface area contributed by atoms with Gasteiger partial charge in [-0.25, -0.2) is 4.98 Å². The quantitative estimate of drug-likeness (QED) is 0.281. The first-order valence-corrected chi connectivity index (χ1v) is 12.5. The van der Waals surface area contributed by atoms with Crippen LogP contribution < -0.4 is 5.32 Å². The highest BCUT2D eigenvalue weighted by molar-refractivity contribution is 6.04. The van der Waals surface area contributed by atoms with E-state index in [1.165, 1.54) is 0 Å². The van der Waals surface area contributed by atoms with Crippen molar-refractivity contribution in [2.75, 3.05) is 11.9 Å². The first-order valence-electron chi connectivity index (χ1n) is 12.5. The summed E-state index contributed by atoms with van der Waals surface area (Å²) >= 11 is 0. The molecule has 0 saturated carbocycles. The molecule has 9 heteroatoms. The Bertz CT molecular complexity index is 1900. The molecule has 188 valence electrons. The maximum Gasteiger partial charge on any atom is 0.255 e. The molecule has 39 heavy (non-hydrogen) atoms. The van der Waals surface area contributed by atoms with Crippen molar-refractivity contribution in [2.45, 2.75) is 5.92 Å². The van der Waals surface area contributed by atoms with E-state index in [-0.39, 0.29) is 11.8 Å². The lowest BCUT2D eigenvalue weighted by molar-refractivity contribution is 0.102. The molecule has 5 heterocycles. The van der Waals surface area contributed by atoms with E-state index in [1.54, 1.807) is 30.7 Å². The van der Waals surface area contributed by atoms with Gasteiger partial charge in [-0.05, 0) is 42.0 Å². The van der Waals surface area contributed by atoms with E-state index in [2.05, 4.69) is 47.6 Å². The molecule has 0 spiro atoms. The van der Waals surface area contributed by atoms with Crippen LogP contribution in [0.1, 0.15) is 21.8 Å². The number of anilines is 1. The Hall–Kier alpha value is -5.44. The van der Waals surface area contributed by atoms with E-state index in [9.17, 15) is 4.79 Å². The van der Waals surface area contributed by atoms with E-state index in [4.69, 9.17) is 4.98 Å². The number of nitrogens with one attached hydrogen (secondary N) is 3. The molecule has 0 radical (unpaired) electrons. The summed E-state index contributed by atoms with van der Waals surface area (Å²) in [6.07, 6.45) is 13.0. The average molecular weight is 511 g/mol. The molecule has 7 rings (SSSR count). The SMILES string of the molecule is O=C(Nc1cncc(-c2ccc3[nH]nc(-c4nc5c(C6C=CC=NC6)cncc5[nH]4)c3c2)c1)c1ccccc1. The molecule has 1 unspecified atom stereocenters. The minimum absolute atomic E-state index is 0.132. The van der Waals surface area contributed by atoms with Gasteiger partial charge in [-0.3, -0.25) is 24.9 Å². The van der Waals surface area contributed by atoms with Gasteiger partial charge in [0.25, 0.3) is 5.91 Å². The fourth-order valence-corrected chi connectivity index (χ4v) is 4.85. The number of H-pyrrole nitrogens is 2. The van der Waals surface area contributed by atoms with Gasteiger partial charge in [0, 0.05) is 53.1 Å². The number of pyridine rings is 2. The van der Waals surface area contributed by atoms with E-state index in [0.29, 0.717) is 29.3 Å². The minimum Gasteiger partial charge on any atom is -0.335 e. The van der Waals surface area contributed by atoms with Gasteiger partial charge in [0.2, 0.25) is 0 Å². The number of benzene rings is 2. The van der Waals surface area contributed by atoms with Crippen molar-refractivity contribution < 1.29 is 4.79 Å². The number of aliphatic imine (C=N–C) groups is 1. The fraction of sp³-hybridized carbons (Fsp3) is 0.0667. The van der Waals surface area contributed by atoms with Crippen LogP contribution in [0.15, 0.2) is 96.5 Å². The summed E-state index contributed by atoms with van der Waals surface area (Å²) in [6, 6.07) is 17.0. The lowest BCUT2D eigenvalue weighted by Gasteiger charge is -2.12. The third kappa shape index (κ3) is 4.25. The molecule has 0 fully saturated rings. The van der Waals surface area contributed by atoms with Crippen molar-refractivity contribution in [1.82, 2.24) is 30.1 Å². The molecule has 0 aliphatic carbocycles. The van der Waals surface area contributed by atoms with E-state index in [1.807, 2.05) is 54.9 Å². The Labute approximate surface area is 222 Å². The molecule has 1 amide bonds. The molecule has 4 aromatic heterocycles. The summed E-state index contributed by atoms with van der Waals surface area (Å²) in [7, 11) is 0. The third-order valence-electron chi connectivity index (χ3n) is 6.81. The summed E-state index contributed by atoms with van der Waals surface area (Å²) < 4.78 is 0. The van der Waals surface area contributed by atoms with Crippen molar-refractivity contribution in [1.29, 1.82) is 0 Å². The monoisotopic (exact) mass is 510 g/mol. The summed E-state index contributed by atoms with van der Waals surface area (Å²) in [4.78, 5) is 34.1. The van der Waals surface area contributed by atoms with Crippen LogP contribution in [0.3, 0.4) is 0 Å². The van der Waals surface area contributed by atoms with Gasteiger partial charge in [-0.1, -0.05) is 30.3 Å². The van der Waals surface area contributed by atoms with E-state index < -0.39 is 0 Å². The maximum atomic E-state index is 12.6. The molecule has 1 atom stereocenters. The van der Waals surface area contributed by atoms with Crippen molar-refractivity contribution in [2.24, 2.45) is 4.99 Å². The van der Waals surface area contributed by atoms with E-state index >= 15 is 0 Å². The number of dihydropyridines is 1. The van der Waals surface area contributed by atoms with Crippen molar-refractivity contribution in [3.8, 4) is 22.6 Å². The first-order chi connectivity index (χ1) is 19.2. The van der Waals surface area contributed by atoms with Crippen molar-refractivity contribution >= 4 is 39.7 Å². The highest BCUT2D eigenvalue weighted by Crippen LogP contribution is 2.33. The minimum atomic E-state index is -0.184. The number of nitrogens with zero attached hydrogens (tertiary/aromatic N) is 5. The number of carbonyl (C=O) groups excluding carboxylic acids is 1. The molecule has 2 aromatic carbocycles. The van der Waals surface area contributed by atoms with Crippen LogP contribution in [0.4, 0.5) is 5.69 Å². The third-order valence-corrected chi connectivity index (χ3v) is 6.81.